The van der Waals surface area contributed by atoms with Crippen molar-refractivity contribution in [2.24, 2.45) is 5.73 Å². The summed E-state index contributed by atoms with van der Waals surface area (Å²) in [6, 6.07) is 13.0. The van der Waals surface area contributed by atoms with Crippen LogP contribution < -0.4 is 10.0 Å². The number of nitrogens with two attached hydrogens (primary N) is 1. The molecule has 0 aliphatic heterocycles. The van der Waals surface area contributed by atoms with E-state index in [4.69, 9.17) is 5.73 Å². The molecule has 1 amide bonds. The van der Waals surface area contributed by atoms with Crippen LogP contribution >= 0.6 is 0 Å². The van der Waals surface area contributed by atoms with Gasteiger partial charge in [-0.05, 0) is 11.5 Å². The summed E-state index contributed by atoms with van der Waals surface area (Å²) in [6.45, 7) is 0.104. The first-order valence-corrected chi connectivity index (χ1v) is 6.80. The molecule has 3 N–H and O–H groups in total. The van der Waals surface area contributed by atoms with Gasteiger partial charge in [0.2, 0.25) is 5.91 Å². The second-order valence-corrected chi connectivity index (χ2v) is 4.95. The van der Waals surface area contributed by atoms with Gasteiger partial charge >= 0.3 is 0 Å². The summed E-state index contributed by atoms with van der Waals surface area (Å²) in [5.41, 5.74) is 5.70. The van der Waals surface area contributed by atoms with Gasteiger partial charge in [0.25, 0.3) is 11.3 Å². The Morgan fingerprint density at radius 2 is 1.89 bits per heavy atom. The highest BCUT2D eigenvalue weighted by Gasteiger charge is 2.15. The third-order valence-corrected chi connectivity index (χ3v) is 3.54. The second kappa shape index (κ2) is 5.81. The molecular weight excluding hydrogens is 264 g/mol. The van der Waals surface area contributed by atoms with E-state index in [1.165, 1.54) is 4.31 Å². The van der Waals surface area contributed by atoms with Gasteiger partial charge in [0.05, 0.1) is 5.69 Å². The SMILES string of the molecule is NC(=O)CCN(c1cccc2ccccc12)S(=O)O. The Hall–Kier alpha value is -1.92. The fourth-order valence-electron chi connectivity index (χ4n) is 1.92. The van der Waals surface area contributed by atoms with Crippen molar-refractivity contribution in [3.63, 3.8) is 0 Å². The molecule has 0 aromatic heterocycles. The average molecular weight is 278 g/mol. The van der Waals surface area contributed by atoms with Crippen molar-refractivity contribution in [1.82, 2.24) is 0 Å². The molecule has 2 aromatic rings. The molecule has 2 aromatic carbocycles. The molecule has 6 heteroatoms. The number of anilines is 1. The van der Waals surface area contributed by atoms with Crippen LogP contribution in [0.5, 0.6) is 0 Å². The number of fused-ring (bicyclic) bond motifs is 1. The van der Waals surface area contributed by atoms with Crippen LogP contribution in [0.25, 0.3) is 10.8 Å². The van der Waals surface area contributed by atoms with Crippen LogP contribution in [0.1, 0.15) is 6.42 Å². The topological polar surface area (TPSA) is 83.6 Å². The smallest absolute Gasteiger partial charge is 0.261 e. The number of carbonyl (C=O) groups is 1. The average Bonchev–Trinajstić information content (AvgIpc) is 2.38. The van der Waals surface area contributed by atoms with Gasteiger partial charge < -0.3 is 5.73 Å². The summed E-state index contributed by atoms with van der Waals surface area (Å²) >= 11 is -2.20. The lowest BCUT2D eigenvalue weighted by atomic mass is 10.1. The maximum Gasteiger partial charge on any atom is 0.261 e. The Balaban J connectivity index is 2.44. The molecule has 0 aliphatic carbocycles. The maximum atomic E-state index is 11.4. The summed E-state index contributed by atoms with van der Waals surface area (Å²) in [7, 11) is 0. The Bertz CT molecular complexity index is 625. The Kier molecular flexibility index (Phi) is 4.13. The molecule has 0 bridgehead atoms. The van der Waals surface area contributed by atoms with Crippen LogP contribution in [-0.4, -0.2) is 21.2 Å². The lowest BCUT2D eigenvalue weighted by Gasteiger charge is -2.21. The van der Waals surface area contributed by atoms with E-state index in [0.717, 1.165) is 10.8 Å². The second-order valence-electron chi connectivity index (χ2n) is 4.05. The molecule has 0 saturated heterocycles. The van der Waals surface area contributed by atoms with Crippen molar-refractivity contribution in [2.75, 3.05) is 10.8 Å². The first kappa shape index (κ1) is 13.5. The zero-order valence-electron chi connectivity index (χ0n) is 10.2. The van der Waals surface area contributed by atoms with Crippen LogP contribution in [0, 0.1) is 0 Å². The van der Waals surface area contributed by atoms with Gasteiger partial charge in [0.1, 0.15) is 0 Å². The minimum Gasteiger partial charge on any atom is -0.370 e. The summed E-state index contributed by atoms with van der Waals surface area (Å²) < 4.78 is 22.1. The Morgan fingerprint density at radius 1 is 1.21 bits per heavy atom. The quantitative estimate of drug-likeness (QED) is 0.816. The number of benzene rings is 2. The molecule has 0 heterocycles. The van der Waals surface area contributed by atoms with E-state index >= 15 is 0 Å². The van der Waals surface area contributed by atoms with E-state index in [0.29, 0.717) is 5.69 Å². The summed E-state index contributed by atoms with van der Waals surface area (Å²) in [5, 5.41) is 1.83. The van der Waals surface area contributed by atoms with E-state index in [1.54, 1.807) is 6.07 Å². The molecule has 0 aliphatic rings. The standard InChI is InChI=1S/C13H14N2O3S/c14-13(16)8-9-15(19(17)18)12-7-3-5-10-4-1-2-6-11(10)12/h1-7H,8-9H2,(H2,14,16)(H,17,18). The lowest BCUT2D eigenvalue weighted by molar-refractivity contribution is -0.117. The monoisotopic (exact) mass is 278 g/mol. The van der Waals surface area contributed by atoms with Gasteiger partial charge in [0, 0.05) is 18.4 Å². The Labute approximate surface area is 113 Å². The molecule has 0 radical (unpaired) electrons. The molecule has 2 rings (SSSR count). The number of hydrogen-bond donors (Lipinski definition) is 2. The third-order valence-electron chi connectivity index (χ3n) is 2.79. The van der Waals surface area contributed by atoms with Gasteiger partial charge in [-0.15, -0.1) is 0 Å². The number of carbonyl (C=O) groups excluding carboxylic acids is 1. The molecule has 5 nitrogen and oxygen atoms in total. The third kappa shape index (κ3) is 3.10. The normalized spacial score (nSPS) is 12.3. The minimum absolute atomic E-state index is 0.0233. The van der Waals surface area contributed by atoms with E-state index in [1.807, 2.05) is 36.4 Å². The maximum absolute atomic E-state index is 11.4. The van der Waals surface area contributed by atoms with Crippen molar-refractivity contribution < 1.29 is 13.6 Å². The molecule has 0 spiro atoms. The fraction of sp³-hybridized carbons (Fsp3) is 0.154. The van der Waals surface area contributed by atoms with Crippen molar-refractivity contribution in [3.05, 3.63) is 42.5 Å². The lowest BCUT2D eigenvalue weighted by Crippen LogP contribution is -2.29. The fourth-order valence-corrected chi connectivity index (χ4v) is 2.50. The highest BCUT2D eigenvalue weighted by Crippen LogP contribution is 2.27. The summed E-state index contributed by atoms with van der Waals surface area (Å²) in [6.07, 6.45) is 0.0233. The zero-order valence-corrected chi connectivity index (χ0v) is 11.0. The first-order chi connectivity index (χ1) is 9.09. The highest BCUT2D eigenvalue weighted by molar-refractivity contribution is 7.80. The first-order valence-electron chi connectivity index (χ1n) is 5.74. The zero-order chi connectivity index (χ0) is 13.8. The molecule has 1 unspecified atom stereocenters. The van der Waals surface area contributed by atoms with Crippen molar-refractivity contribution in [2.45, 2.75) is 6.42 Å². The molecule has 0 fully saturated rings. The Morgan fingerprint density at radius 3 is 2.58 bits per heavy atom. The van der Waals surface area contributed by atoms with E-state index < -0.39 is 17.2 Å². The van der Waals surface area contributed by atoms with Crippen LogP contribution in [0.4, 0.5) is 5.69 Å². The molecule has 19 heavy (non-hydrogen) atoms. The van der Waals surface area contributed by atoms with Crippen molar-refractivity contribution >= 4 is 33.6 Å². The molecule has 0 saturated carbocycles. The number of rotatable bonds is 5. The van der Waals surface area contributed by atoms with Crippen molar-refractivity contribution in [1.29, 1.82) is 0 Å². The van der Waals surface area contributed by atoms with Crippen LogP contribution in [0.2, 0.25) is 0 Å². The van der Waals surface area contributed by atoms with Gasteiger partial charge in [0.15, 0.2) is 0 Å². The number of hydrogen-bond acceptors (Lipinski definition) is 2. The number of primary amides is 1. The predicted molar refractivity (Wildman–Crippen MR) is 75.9 cm³/mol. The van der Waals surface area contributed by atoms with Gasteiger partial charge in [-0.25, -0.2) is 4.21 Å². The molecule has 100 valence electrons. The van der Waals surface area contributed by atoms with E-state index in [9.17, 15) is 13.6 Å². The minimum atomic E-state index is -2.20. The summed E-state index contributed by atoms with van der Waals surface area (Å²) in [4.78, 5) is 10.8. The number of nitrogens with zero attached hydrogens (tertiary/aromatic N) is 1. The highest BCUT2D eigenvalue weighted by atomic mass is 32.2. The molecule has 1 atom stereocenters. The molecular formula is C13H14N2O3S. The summed E-state index contributed by atoms with van der Waals surface area (Å²) in [5.74, 6) is -0.504. The van der Waals surface area contributed by atoms with Crippen LogP contribution in [-0.2, 0) is 16.1 Å². The van der Waals surface area contributed by atoms with Gasteiger partial charge in [-0.3, -0.25) is 13.7 Å². The predicted octanol–water partition coefficient (Wildman–Crippen LogP) is 1.66. The van der Waals surface area contributed by atoms with Crippen LogP contribution in [0.15, 0.2) is 42.5 Å². The van der Waals surface area contributed by atoms with Crippen molar-refractivity contribution in [3.8, 4) is 0 Å². The van der Waals surface area contributed by atoms with E-state index in [-0.39, 0.29) is 13.0 Å². The largest absolute Gasteiger partial charge is 0.370 e. The van der Waals surface area contributed by atoms with E-state index in [2.05, 4.69) is 0 Å². The van der Waals surface area contributed by atoms with Crippen LogP contribution in [0.3, 0.4) is 0 Å². The number of amides is 1. The van der Waals surface area contributed by atoms with Gasteiger partial charge in [-0.1, -0.05) is 36.4 Å². The van der Waals surface area contributed by atoms with Gasteiger partial charge in [-0.2, -0.15) is 0 Å².